The summed E-state index contributed by atoms with van der Waals surface area (Å²) in [4.78, 5) is 0. The molecule has 1 aromatic rings. The minimum absolute atomic E-state index is 0.0481. The first-order valence-electron chi connectivity index (χ1n) is 7.02. The molecule has 2 N–H and O–H groups in total. The molecule has 0 radical (unpaired) electrons. The van der Waals surface area contributed by atoms with Crippen LogP contribution < -0.4 is 5.73 Å². The highest BCUT2D eigenvalue weighted by Gasteiger charge is 2.42. The van der Waals surface area contributed by atoms with Crippen LogP contribution in [0.3, 0.4) is 0 Å². The molecule has 5 heteroatoms. The molecule has 3 atom stereocenters. The van der Waals surface area contributed by atoms with Crippen LogP contribution >= 0.6 is 39.3 Å². The number of hydrogen-bond acceptors (Lipinski definition) is 3. The van der Waals surface area contributed by atoms with Gasteiger partial charge < -0.3 is 10.5 Å². The van der Waals surface area contributed by atoms with E-state index in [9.17, 15) is 0 Å². The molecular weight excluding hydrogens is 358 g/mol. The topological polar surface area (TPSA) is 35.2 Å². The van der Waals surface area contributed by atoms with E-state index in [0.717, 1.165) is 40.3 Å². The third-order valence-electron chi connectivity index (χ3n) is 4.43. The molecule has 20 heavy (non-hydrogen) atoms. The van der Waals surface area contributed by atoms with E-state index < -0.39 is 0 Å². The summed E-state index contributed by atoms with van der Waals surface area (Å²) in [6.45, 7) is 0.836. The van der Waals surface area contributed by atoms with Crippen LogP contribution in [0.5, 0.6) is 0 Å². The number of benzene rings is 1. The largest absolute Gasteiger partial charge is 0.374 e. The summed E-state index contributed by atoms with van der Waals surface area (Å²) in [6.07, 6.45) is 3.29. The monoisotopic (exact) mass is 375 g/mol. The molecule has 2 aliphatic rings. The van der Waals surface area contributed by atoms with E-state index in [-0.39, 0.29) is 11.6 Å². The van der Waals surface area contributed by atoms with E-state index in [1.165, 1.54) is 12.2 Å². The Balaban J connectivity index is 1.75. The fourth-order valence-electron chi connectivity index (χ4n) is 3.23. The summed E-state index contributed by atoms with van der Waals surface area (Å²) >= 11 is 11.6. The SMILES string of the molecule is NC(c1ccc(Br)c(Cl)c1)C1CCOC2(CCSC2)C1. The minimum atomic E-state index is 0.0481. The van der Waals surface area contributed by atoms with Crippen molar-refractivity contribution in [2.24, 2.45) is 11.7 Å². The molecule has 2 saturated heterocycles. The summed E-state index contributed by atoms with van der Waals surface area (Å²) in [5.74, 6) is 2.82. The van der Waals surface area contributed by atoms with Crippen molar-refractivity contribution in [2.45, 2.75) is 30.9 Å². The predicted molar refractivity (Wildman–Crippen MR) is 89.4 cm³/mol. The van der Waals surface area contributed by atoms with Crippen LogP contribution in [0.4, 0.5) is 0 Å². The number of nitrogens with two attached hydrogens (primary N) is 1. The van der Waals surface area contributed by atoms with Crippen molar-refractivity contribution in [3.05, 3.63) is 33.3 Å². The van der Waals surface area contributed by atoms with Gasteiger partial charge in [0, 0.05) is 22.9 Å². The second kappa shape index (κ2) is 6.17. The van der Waals surface area contributed by atoms with Crippen molar-refractivity contribution in [1.29, 1.82) is 0 Å². The van der Waals surface area contributed by atoms with Crippen molar-refractivity contribution < 1.29 is 4.74 Å². The summed E-state index contributed by atoms with van der Waals surface area (Å²) in [5.41, 5.74) is 7.72. The molecular formula is C15H19BrClNOS. The van der Waals surface area contributed by atoms with Crippen molar-refractivity contribution in [1.82, 2.24) is 0 Å². The van der Waals surface area contributed by atoms with Gasteiger partial charge in [-0.25, -0.2) is 0 Å². The zero-order chi connectivity index (χ0) is 14.2. The van der Waals surface area contributed by atoms with Crippen LogP contribution in [0, 0.1) is 5.92 Å². The van der Waals surface area contributed by atoms with Crippen molar-refractivity contribution in [3.63, 3.8) is 0 Å². The maximum atomic E-state index is 6.50. The van der Waals surface area contributed by atoms with Gasteiger partial charge in [0.1, 0.15) is 0 Å². The van der Waals surface area contributed by atoms with Crippen LogP contribution in [0.25, 0.3) is 0 Å². The van der Waals surface area contributed by atoms with E-state index >= 15 is 0 Å². The third-order valence-corrected chi connectivity index (χ3v) is 6.89. The van der Waals surface area contributed by atoms with Crippen LogP contribution in [0.1, 0.15) is 30.9 Å². The normalized spacial score (nSPS) is 31.6. The Hall–Kier alpha value is 0.260. The van der Waals surface area contributed by atoms with Gasteiger partial charge in [-0.3, -0.25) is 0 Å². The maximum absolute atomic E-state index is 6.50. The second-order valence-electron chi connectivity index (χ2n) is 5.79. The number of thioether (sulfide) groups is 1. The van der Waals surface area contributed by atoms with Crippen LogP contribution in [0.2, 0.25) is 5.02 Å². The lowest BCUT2D eigenvalue weighted by Gasteiger charge is -2.40. The van der Waals surface area contributed by atoms with Gasteiger partial charge in [-0.15, -0.1) is 0 Å². The van der Waals surface area contributed by atoms with E-state index in [0.29, 0.717) is 5.92 Å². The van der Waals surface area contributed by atoms with Gasteiger partial charge >= 0.3 is 0 Å². The molecule has 2 aliphatic heterocycles. The van der Waals surface area contributed by atoms with Gasteiger partial charge in [-0.05, 0) is 64.6 Å². The Morgan fingerprint density at radius 3 is 3.05 bits per heavy atom. The molecule has 0 aliphatic carbocycles. The average molecular weight is 377 g/mol. The molecule has 0 saturated carbocycles. The summed E-state index contributed by atoms with van der Waals surface area (Å²) < 4.78 is 7.00. The average Bonchev–Trinajstić information content (AvgIpc) is 2.89. The smallest absolute Gasteiger partial charge is 0.0783 e. The zero-order valence-electron chi connectivity index (χ0n) is 11.3. The van der Waals surface area contributed by atoms with Gasteiger partial charge in [0.05, 0.1) is 10.6 Å². The standard InChI is InChI=1S/C15H19BrClNOS/c16-12-2-1-10(7-13(12)17)14(18)11-3-5-19-15(8-11)4-6-20-9-15/h1-2,7,11,14H,3-6,8-9,18H2. The van der Waals surface area contributed by atoms with Gasteiger partial charge in [0.15, 0.2) is 0 Å². The molecule has 2 nitrogen and oxygen atoms in total. The highest BCUT2D eigenvalue weighted by molar-refractivity contribution is 9.10. The summed E-state index contributed by atoms with van der Waals surface area (Å²) in [5, 5.41) is 0.733. The predicted octanol–water partition coefficient (Wildman–Crippen LogP) is 4.40. The number of ether oxygens (including phenoxy) is 1. The Morgan fingerprint density at radius 1 is 1.50 bits per heavy atom. The van der Waals surface area contributed by atoms with Crippen LogP contribution in [0.15, 0.2) is 22.7 Å². The minimum Gasteiger partial charge on any atom is -0.374 e. The molecule has 0 aromatic heterocycles. The van der Waals surface area contributed by atoms with Gasteiger partial charge in [0.25, 0.3) is 0 Å². The summed E-state index contributed by atoms with van der Waals surface area (Å²) in [7, 11) is 0. The Bertz CT molecular complexity index is 493. The number of rotatable bonds is 2. The van der Waals surface area contributed by atoms with E-state index in [1.54, 1.807) is 0 Å². The highest BCUT2D eigenvalue weighted by Crippen LogP contribution is 2.43. The quantitative estimate of drug-likeness (QED) is 0.830. The first kappa shape index (κ1) is 15.2. The second-order valence-corrected chi connectivity index (χ2v) is 8.15. The maximum Gasteiger partial charge on any atom is 0.0783 e. The van der Waals surface area contributed by atoms with Crippen molar-refractivity contribution >= 4 is 39.3 Å². The first-order chi connectivity index (χ1) is 9.60. The highest BCUT2D eigenvalue weighted by atomic mass is 79.9. The Morgan fingerprint density at radius 2 is 2.35 bits per heavy atom. The van der Waals surface area contributed by atoms with Gasteiger partial charge in [-0.2, -0.15) is 11.8 Å². The van der Waals surface area contributed by atoms with E-state index in [1.807, 2.05) is 23.9 Å². The van der Waals surface area contributed by atoms with Crippen LogP contribution in [-0.2, 0) is 4.74 Å². The van der Waals surface area contributed by atoms with Crippen LogP contribution in [-0.4, -0.2) is 23.7 Å². The lowest BCUT2D eigenvalue weighted by molar-refractivity contribution is -0.0834. The van der Waals surface area contributed by atoms with Crippen molar-refractivity contribution in [3.8, 4) is 0 Å². The van der Waals surface area contributed by atoms with Crippen molar-refractivity contribution in [2.75, 3.05) is 18.1 Å². The summed E-state index contributed by atoms with van der Waals surface area (Å²) in [6, 6.07) is 6.10. The number of hydrogen-bond donors (Lipinski definition) is 1. The molecule has 2 fully saturated rings. The molecule has 1 spiro atoms. The lowest BCUT2D eigenvalue weighted by Crippen LogP contribution is -2.42. The van der Waals surface area contributed by atoms with Gasteiger partial charge in [0.2, 0.25) is 0 Å². The van der Waals surface area contributed by atoms with Gasteiger partial charge in [-0.1, -0.05) is 17.7 Å². The molecule has 0 bridgehead atoms. The molecule has 3 rings (SSSR count). The molecule has 2 heterocycles. The molecule has 1 aromatic carbocycles. The molecule has 0 amide bonds. The third kappa shape index (κ3) is 3.05. The zero-order valence-corrected chi connectivity index (χ0v) is 14.4. The molecule has 3 unspecified atom stereocenters. The molecule has 110 valence electrons. The number of halogens is 2. The Labute approximate surface area is 137 Å². The lowest BCUT2D eigenvalue weighted by atomic mass is 9.79. The first-order valence-corrected chi connectivity index (χ1v) is 9.34. The Kier molecular flexibility index (Phi) is 4.68. The fraction of sp³-hybridized carbons (Fsp3) is 0.600. The van der Waals surface area contributed by atoms with E-state index in [4.69, 9.17) is 22.1 Å². The van der Waals surface area contributed by atoms with E-state index in [2.05, 4.69) is 22.0 Å². The fourth-order valence-corrected chi connectivity index (χ4v) is 5.04.